The molecule has 2 aromatic rings. The predicted octanol–water partition coefficient (Wildman–Crippen LogP) is 2.97. The van der Waals surface area contributed by atoms with Crippen LogP contribution in [-0.4, -0.2) is 28.4 Å². The Hall–Kier alpha value is -2.96. The molecule has 0 saturated carbocycles. The zero-order chi connectivity index (χ0) is 18.8. The van der Waals surface area contributed by atoms with E-state index < -0.39 is 29.2 Å². The number of benzene rings is 2. The van der Waals surface area contributed by atoms with E-state index in [0.717, 1.165) is 17.2 Å². The number of halogens is 2. The molecule has 0 aromatic heterocycles. The van der Waals surface area contributed by atoms with Crippen LogP contribution in [0.5, 0.6) is 5.75 Å². The second kappa shape index (κ2) is 7.11. The number of amides is 2. The minimum absolute atomic E-state index is 0.0203. The first kappa shape index (κ1) is 17.8. The summed E-state index contributed by atoms with van der Waals surface area (Å²) in [6.07, 6.45) is 0.0203. The molecule has 3 rings (SSSR count). The predicted molar refractivity (Wildman–Crippen MR) is 91.4 cm³/mol. The monoisotopic (exact) mass is 360 g/mol. The van der Waals surface area contributed by atoms with Crippen molar-refractivity contribution in [3.8, 4) is 5.75 Å². The van der Waals surface area contributed by atoms with Gasteiger partial charge in [-0.15, -0.1) is 0 Å². The molecule has 1 atom stereocenters. The van der Waals surface area contributed by atoms with Gasteiger partial charge in [0.15, 0.2) is 11.6 Å². The number of phenolic OH excluding ortho intramolecular Hbond substituents is 1. The van der Waals surface area contributed by atoms with E-state index in [2.05, 4.69) is 5.32 Å². The molecule has 1 aliphatic rings. The number of carbonyl (C=O) groups is 2. The molecule has 136 valence electrons. The molecule has 0 spiro atoms. The van der Waals surface area contributed by atoms with Crippen LogP contribution in [0.2, 0.25) is 0 Å². The van der Waals surface area contributed by atoms with E-state index in [1.165, 1.54) is 0 Å². The third-order valence-corrected chi connectivity index (χ3v) is 4.37. The summed E-state index contributed by atoms with van der Waals surface area (Å²) in [5, 5.41) is 11.6. The van der Waals surface area contributed by atoms with Gasteiger partial charge in [0, 0.05) is 31.6 Å². The standard InChI is InChI=1S/C19H18F2N2O3/c1-11-2-4-12(5-3-11)9-23-10-13(6-18(23)25)19(26)22-16-8-17(24)15(21)7-14(16)20/h2-5,7-8,13,24H,6,9-10H2,1H3,(H,22,26). The fourth-order valence-electron chi connectivity index (χ4n) is 2.88. The van der Waals surface area contributed by atoms with E-state index in [9.17, 15) is 23.5 Å². The van der Waals surface area contributed by atoms with Crippen molar-refractivity contribution in [2.45, 2.75) is 19.9 Å². The van der Waals surface area contributed by atoms with Crippen LogP contribution in [0, 0.1) is 24.5 Å². The Morgan fingerprint density at radius 2 is 1.92 bits per heavy atom. The van der Waals surface area contributed by atoms with Gasteiger partial charge in [-0.25, -0.2) is 8.78 Å². The first-order chi connectivity index (χ1) is 12.3. The average Bonchev–Trinajstić information content (AvgIpc) is 2.95. The van der Waals surface area contributed by atoms with Gasteiger partial charge in [0.05, 0.1) is 11.6 Å². The smallest absolute Gasteiger partial charge is 0.229 e. The lowest BCUT2D eigenvalue weighted by molar-refractivity contribution is -0.128. The van der Waals surface area contributed by atoms with E-state index in [4.69, 9.17) is 0 Å². The molecule has 2 N–H and O–H groups in total. The summed E-state index contributed by atoms with van der Waals surface area (Å²) in [5.74, 6) is -4.21. The number of anilines is 1. The molecule has 26 heavy (non-hydrogen) atoms. The Labute approximate surface area is 149 Å². The van der Waals surface area contributed by atoms with E-state index >= 15 is 0 Å². The van der Waals surface area contributed by atoms with Crippen LogP contribution in [0.1, 0.15) is 17.5 Å². The first-order valence-electron chi connectivity index (χ1n) is 8.15. The molecule has 0 radical (unpaired) electrons. The number of likely N-dealkylation sites (tertiary alicyclic amines) is 1. The Morgan fingerprint density at radius 3 is 2.62 bits per heavy atom. The van der Waals surface area contributed by atoms with Crippen LogP contribution in [0.15, 0.2) is 36.4 Å². The lowest BCUT2D eigenvalue weighted by atomic mass is 10.1. The number of hydrogen-bond donors (Lipinski definition) is 2. The quantitative estimate of drug-likeness (QED) is 0.881. The Morgan fingerprint density at radius 1 is 1.23 bits per heavy atom. The van der Waals surface area contributed by atoms with Crippen LogP contribution in [-0.2, 0) is 16.1 Å². The summed E-state index contributed by atoms with van der Waals surface area (Å²) in [4.78, 5) is 26.1. The minimum Gasteiger partial charge on any atom is -0.505 e. The summed E-state index contributed by atoms with van der Waals surface area (Å²) in [7, 11) is 0. The molecule has 0 aliphatic carbocycles. The van der Waals surface area contributed by atoms with Gasteiger partial charge in [0.2, 0.25) is 11.8 Å². The van der Waals surface area contributed by atoms with Crippen molar-refractivity contribution < 1.29 is 23.5 Å². The normalized spacial score (nSPS) is 16.8. The highest BCUT2D eigenvalue weighted by molar-refractivity contribution is 5.97. The Kier molecular flexibility index (Phi) is 4.88. The van der Waals surface area contributed by atoms with Crippen molar-refractivity contribution in [3.63, 3.8) is 0 Å². The molecule has 7 heteroatoms. The molecule has 0 bridgehead atoms. The summed E-state index contributed by atoms with van der Waals surface area (Å²) in [5.41, 5.74) is 1.75. The molecule has 1 heterocycles. The van der Waals surface area contributed by atoms with Gasteiger partial charge in [0.1, 0.15) is 5.82 Å². The molecular formula is C19H18F2N2O3. The highest BCUT2D eigenvalue weighted by atomic mass is 19.1. The van der Waals surface area contributed by atoms with E-state index in [1.54, 1.807) is 4.90 Å². The van der Waals surface area contributed by atoms with Crippen molar-refractivity contribution in [3.05, 3.63) is 59.2 Å². The van der Waals surface area contributed by atoms with Crippen LogP contribution >= 0.6 is 0 Å². The highest BCUT2D eigenvalue weighted by Crippen LogP contribution is 2.26. The maximum absolute atomic E-state index is 13.7. The van der Waals surface area contributed by atoms with Crippen molar-refractivity contribution in [2.75, 3.05) is 11.9 Å². The number of nitrogens with one attached hydrogen (secondary N) is 1. The van der Waals surface area contributed by atoms with Crippen LogP contribution in [0.4, 0.5) is 14.5 Å². The third-order valence-electron chi connectivity index (χ3n) is 4.37. The molecule has 1 unspecified atom stereocenters. The molecule has 1 aliphatic heterocycles. The topological polar surface area (TPSA) is 69.6 Å². The number of nitrogens with zero attached hydrogens (tertiary/aromatic N) is 1. The average molecular weight is 360 g/mol. The fraction of sp³-hybridized carbons (Fsp3) is 0.263. The van der Waals surface area contributed by atoms with Crippen LogP contribution in [0.3, 0.4) is 0 Å². The van der Waals surface area contributed by atoms with Crippen LogP contribution < -0.4 is 5.32 Å². The Bertz CT molecular complexity index is 853. The zero-order valence-electron chi connectivity index (χ0n) is 14.1. The van der Waals surface area contributed by atoms with Gasteiger partial charge in [-0.05, 0) is 12.5 Å². The van der Waals surface area contributed by atoms with Gasteiger partial charge in [-0.3, -0.25) is 9.59 Å². The lowest BCUT2D eigenvalue weighted by Gasteiger charge is -2.17. The zero-order valence-corrected chi connectivity index (χ0v) is 14.1. The third kappa shape index (κ3) is 3.82. The van der Waals surface area contributed by atoms with Crippen molar-refractivity contribution in [2.24, 2.45) is 5.92 Å². The van der Waals surface area contributed by atoms with Gasteiger partial charge >= 0.3 is 0 Å². The first-order valence-corrected chi connectivity index (χ1v) is 8.15. The Balaban J connectivity index is 1.65. The second-order valence-electron chi connectivity index (χ2n) is 6.43. The van der Waals surface area contributed by atoms with Crippen LogP contribution in [0.25, 0.3) is 0 Å². The summed E-state index contributed by atoms with van der Waals surface area (Å²) in [6, 6.07) is 9.05. The number of rotatable bonds is 4. The van der Waals surface area contributed by atoms with Gasteiger partial charge in [-0.1, -0.05) is 29.8 Å². The van der Waals surface area contributed by atoms with Gasteiger partial charge in [0.25, 0.3) is 0 Å². The van der Waals surface area contributed by atoms with E-state index in [-0.39, 0.29) is 24.6 Å². The second-order valence-corrected chi connectivity index (χ2v) is 6.43. The molecule has 1 saturated heterocycles. The number of phenols is 1. The van der Waals surface area contributed by atoms with Crippen molar-refractivity contribution in [1.29, 1.82) is 0 Å². The molecule has 2 amide bonds. The van der Waals surface area contributed by atoms with E-state index in [1.807, 2.05) is 31.2 Å². The van der Waals surface area contributed by atoms with Crippen molar-refractivity contribution in [1.82, 2.24) is 4.90 Å². The lowest BCUT2D eigenvalue weighted by Crippen LogP contribution is -2.28. The summed E-state index contributed by atoms with van der Waals surface area (Å²) >= 11 is 0. The van der Waals surface area contributed by atoms with Gasteiger partial charge < -0.3 is 15.3 Å². The number of carbonyl (C=O) groups excluding carboxylic acids is 2. The molecule has 1 fully saturated rings. The van der Waals surface area contributed by atoms with Gasteiger partial charge in [-0.2, -0.15) is 0 Å². The summed E-state index contributed by atoms with van der Waals surface area (Å²) in [6.45, 7) is 2.58. The molecular weight excluding hydrogens is 342 g/mol. The largest absolute Gasteiger partial charge is 0.505 e. The SMILES string of the molecule is Cc1ccc(CN2CC(C(=O)Nc3cc(O)c(F)cc3F)CC2=O)cc1. The maximum atomic E-state index is 13.7. The highest BCUT2D eigenvalue weighted by Gasteiger charge is 2.34. The minimum atomic E-state index is -1.11. The van der Waals surface area contributed by atoms with Crippen molar-refractivity contribution >= 4 is 17.5 Å². The molecule has 2 aromatic carbocycles. The molecule has 5 nitrogen and oxygen atoms in total. The number of aryl methyl sites for hydroxylation is 1. The summed E-state index contributed by atoms with van der Waals surface area (Å²) < 4.78 is 26.8. The maximum Gasteiger partial charge on any atom is 0.229 e. The fourth-order valence-corrected chi connectivity index (χ4v) is 2.88. The van der Waals surface area contributed by atoms with E-state index in [0.29, 0.717) is 12.6 Å². The number of aromatic hydroxyl groups is 1. The number of hydrogen-bond acceptors (Lipinski definition) is 3.